The molecule has 2 unspecified atom stereocenters. The van der Waals surface area contributed by atoms with Crippen LogP contribution in [0.2, 0.25) is 0 Å². The zero-order valence-corrected chi connectivity index (χ0v) is 12.0. The van der Waals surface area contributed by atoms with Crippen LogP contribution in [0.3, 0.4) is 0 Å². The standard InChI is InChI=1S/C11H25N3O2S/c1-9-6-5-7-14(8-9)17(15,16)13-11(3,4)10(2)12/h9-10,13H,5-8,12H2,1-4H3. The first kappa shape index (κ1) is 14.9. The van der Waals surface area contributed by atoms with Gasteiger partial charge in [-0.05, 0) is 39.5 Å². The van der Waals surface area contributed by atoms with Crippen molar-refractivity contribution in [3.63, 3.8) is 0 Å². The van der Waals surface area contributed by atoms with E-state index in [1.807, 2.05) is 13.8 Å². The molecule has 0 spiro atoms. The number of piperidine rings is 1. The van der Waals surface area contributed by atoms with Gasteiger partial charge in [0.2, 0.25) is 0 Å². The van der Waals surface area contributed by atoms with Gasteiger partial charge in [0.1, 0.15) is 0 Å². The van der Waals surface area contributed by atoms with E-state index in [0.717, 1.165) is 12.8 Å². The lowest BCUT2D eigenvalue weighted by molar-refractivity contribution is 0.269. The average molecular weight is 263 g/mol. The van der Waals surface area contributed by atoms with Crippen molar-refractivity contribution in [1.29, 1.82) is 0 Å². The van der Waals surface area contributed by atoms with E-state index in [-0.39, 0.29) is 6.04 Å². The summed E-state index contributed by atoms with van der Waals surface area (Å²) in [5.74, 6) is 0.429. The molecule has 0 aliphatic carbocycles. The second-order valence-electron chi connectivity index (χ2n) is 5.72. The summed E-state index contributed by atoms with van der Waals surface area (Å²) in [6, 6.07) is -0.237. The molecule has 102 valence electrons. The maximum absolute atomic E-state index is 12.2. The van der Waals surface area contributed by atoms with Crippen molar-refractivity contribution in [1.82, 2.24) is 9.03 Å². The van der Waals surface area contributed by atoms with Gasteiger partial charge in [-0.3, -0.25) is 0 Å². The maximum atomic E-state index is 12.2. The molecule has 0 aromatic rings. The molecule has 0 saturated carbocycles. The van der Waals surface area contributed by atoms with Gasteiger partial charge in [0.05, 0.1) is 0 Å². The Bertz CT molecular complexity index is 352. The molecule has 6 heteroatoms. The quantitative estimate of drug-likeness (QED) is 0.783. The van der Waals surface area contributed by atoms with Gasteiger partial charge in [-0.1, -0.05) is 6.92 Å². The fraction of sp³-hybridized carbons (Fsp3) is 1.00. The average Bonchev–Trinajstić information content (AvgIpc) is 2.15. The van der Waals surface area contributed by atoms with Crippen LogP contribution < -0.4 is 10.5 Å². The minimum atomic E-state index is -3.42. The minimum Gasteiger partial charge on any atom is -0.326 e. The van der Waals surface area contributed by atoms with Crippen LogP contribution in [0.5, 0.6) is 0 Å². The Hall–Kier alpha value is -0.170. The molecule has 1 saturated heterocycles. The van der Waals surface area contributed by atoms with Crippen LogP contribution in [0.1, 0.15) is 40.5 Å². The molecular formula is C11H25N3O2S. The zero-order chi connectivity index (χ0) is 13.3. The molecule has 1 rings (SSSR count). The number of nitrogens with zero attached hydrogens (tertiary/aromatic N) is 1. The van der Waals surface area contributed by atoms with Crippen LogP contribution >= 0.6 is 0 Å². The summed E-state index contributed by atoms with van der Waals surface area (Å²) >= 11 is 0. The molecule has 0 bridgehead atoms. The van der Waals surface area contributed by atoms with Crippen LogP contribution in [-0.2, 0) is 10.2 Å². The van der Waals surface area contributed by atoms with Gasteiger partial charge in [0.25, 0.3) is 10.2 Å². The molecule has 1 heterocycles. The van der Waals surface area contributed by atoms with Crippen molar-refractivity contribution in [2.45, 2.75) is 52.1 Å². The molecule has 0 amide bonds. The summed E-state index contributed by atoms with van der Waals surface area (Å²) in [5.41, 5.74) is 5.16. The van der Waals surface area contributed by atoms with Gasteiger partial charge in [0.15, 0.2) is 0 Å². The largest absolute Gasteiger partial charge is 0.326 e. The third kappa shape index (κ3) is 3.91. The maximum Gasteiger partial charge on any atom is 0.279 e. The lowest BCUT2D eigenvalue weighted by Gasteiger charge is -2.35. The van der Waals surface area contributed by atoms with Gasteiger partial charge in [0, 0.05) is 24.7 Å². The predicted molar refractivity (Wildman–Crippen MR) is 69.8 cm³/mol. The first-order valence-electron chi connectivity index (χ1n) is 6.20. The van der Waals surface area contributed by atoms with E-state index in [1.165, 1.54) is 4.31 Å². The molecule has 0 aromatic heterocycles. The number of nitrogens with two attached hydrogens (primary N) is 1. The highest BCUT2D eigenvalue weighted by atomic mass is 32.2. The number of nitrogens with one attached hydrogen (secondary N) is 1. The van der Waals surface area contributed by atoms with Crippen LogP contribution in [-0.4, -0.2) is 37.4 Å². The minimum absolute atomic E-state index is 0.237. The van der Waals surface area contributed by atoms with Crippen LogP contribution in [0.4, 0.5) is 0 Å². The van der Waals surface area contributed by atoms with Crippen LogP contribution in [0.25, 0.3) is 0 Å². The molecule has 1 aliphatic heterocycles. The first-order chi connectivity index (χ1) is 7.65. The van der Waals surface area contributed by atoms with Crippen molar-refractivity contribution in [2.75, 3.05) is 13.1 Å². The van der Waals surface area contributed by atoms with E-state index in [2.05, 4.69) is 11.6 Å². The monoisotopic (exact) mass is 263 g/mol. The normalized spacial score (nSPS) is 25.8. The third-order valence-electron chi connectivity index (χ3n) is 3.49. The second kappa shape index (κ2) is 5.22. The second-order valence-corrected chi connectivity index (χ2v) is 7.39. The Morgan fingerprint density at radius 2 is 2.06 bits per heavy atom. The lowest BCUT2D eigenvalue weighted by atomic mass is 9.99. The lowest BCUT2D eigenvalue weighted by Crippen LogP contribution is -2.58. The molecule has 5 nitrogen and oxygen atoms in total. The van der Waals surface area contributed by atoms with E-state index in [0.29, 0.717) is 19.0 Å². The third-order valence-corrected chi connectivity index (χ3v) is 5.29. The molecule has 2 atom stereocenters. The SMILES string of the molecule is CC1CCCN(S(=O)(=O)NC(C)(C)C(C)N)C1. The van der Waals surface area contributed by atoms with E-state index in [4.69, 9.17) is 5.73 Å². The summed E-state index contributed by atoms with van der Waals surface area (Å²) in [7, 11) is -3.42. The van der Waals surface area contributed by atoms with Crippen molar-refractivity contribution < 1.29 is 8.42 Å². The smallest absolute Gasteiger partial charge is 0.279 e. The Morgan fingerprint density at radius 3 is 2.53 bits per heavy atom. The fourth-order valence-electron chi connectivity index (χ4n) is 1.85. The topological polar surface area (TPSA) is 75.4 Å². The summed E-state index contributed by atoms with van der Waals surface area (Å²) in [4.78, 5) is 0. The van der Waals surface area contributed by atoms with E-state index in [1.54, 1.807) is 6.92 Å². The highest BCUT2D eigenvalue weighted by Crippen LogP contribution is 2.19. The molecule has 17 heavy (non-hydrogen) atoms. The van der Waals surface area contributed by atoms with Gasteiger partial charge in [-0.15, -0.1) is 0 Å². The van der Waals surface area contributed by atoms with Crippen LogP contribution in [0, 0.1) is 5.92 Å². The Morgan fingerprint density at radius 1 is 1.47 bits per heavy atom. The van der Waals surface area contributed by atoms with E-state index in [9.17, 15) is 8.42 Å². The fourth-order valence-corrected chi connectivity index (χ4v) is 3.65. The molecule has 0 aromatic carbocycles. The molecule has 1 aliphatic rings. The van der Waals surface area contributed by atoms with E-state index < -0.39 is 15.7 Å². The van der Waals surface area contributed by atoms with Crippen molar-refractivity contribution in [3.05, 3.63) is 0 Å². The van der Waals surface area contributed by atoms with Crippen molar-refractivity contribution in [2.24, 2.45) is 11.7 Å². The number of hydrogen-bond donors (Lipinski definition) is 2. The van der Waals surface area contributed by atoms with Crippen molar-refractivity contribution >= 4 is 10.2 Å². The number of rotatable bonds is 4. The van der Waals surface area contributed by atoms with Crippen molar-refractivity contribution in [3.8, 4) is 0 Å². The Labute approximate surface area is 105 Å². The zero-order valence-electron chi connectivity index (χ0n) is 11.2. The van der Waals surface area contributed by atoms with Gasteiger partial charge >= 0.3 is 0 Å². The van der Waals surface area contributed by atoms with Crippen LogP contribution in [0.15, 0.2) is 0 Å². The molecule has 1 fully saturated rings. The predicted octanol–water partition coefficient (Wildman–Crippen LogP) is 0.679. The molecule has 0 radical (unpaired) electrons. The highest BCUT2D eigenvalue weighted by molar-refractivity contribution is 7.87. The summed E-state index contributed by atoms with van der Waals surface area (Å²) in [6.07, 6.45) is 2.03. The van der Waals surface area contributed by atoms with Gasteiger partial charge in [-0.25, -0.2) is 0 Å². The summed E-state index contributed by atoms with van der Waals surface area (Å²) in [5, 5.41) is 0. The van der Waals surface area contributed by atoms with Gasteiger partial charge < -0.3 is 5.73 Å². The number of hydrogen-bond acceptors (Lipinski definition) is 3. The Kier molecular flexibility index (Phi) is 4.57. The first-order valence-corrected chi connectivity index (χ1v) is 7.64. The molecular weight excluding hydrogens is 238 g/mol. The molecule has 3 N–H and O–H groups in total. The summed E-state index contributed by atoms with van der Waals surface area (Å²) < 4.78 is 28.6. The van der Waals surface area contributed by atoms with E-state index >= 15 is 0 Å². The summed E-state index contributed by atoms with van der Waals surface area (Å²) in [6.45, 7) is 8.71. The van der Waals surface area contributed by atoms with Gasteiger partial charge in [-0.2, -0.15) is 17.4 Å². The highest BCUT2D eigenvalue weighted by Gasteiger charge is 2.33. The Balaban J connectivity index is 2.75.